The zero-order chi connectivity index (χ0) is 11.4. The molecular formula is C12H13ClN2O. The molecule has 2 rings (SSSR count). The van der Waals surface area contributed by atoms with E-state index in [2.05, 4.69) is 10.9 Å². The molecule has 0 aromatic heterocycles. The van der Waals surface area contributed by atoms with Crippen LogP contribution in [0.15, 0.2) is 30.3 Å². The first-order valence-electron chi connectivity index (χ1n) is 5.22. The highest BCUT2D eigenvalue weighted by atomic mass is 35.5. The largest absolute Gasteiger partial charge is 0.291 e. The molecule has 84 valence electrons. The highest BCUT2D eigenvalue weighted by molar-refractivity contribution is 6.30. The standard InChI is InChI=1S/C12H13ClN2O/c13-10-4-1-9(2-5-10)3-6-11-7-8-12(16)15-14-11/h1-6,11,14H,7-8H2,(H,15,16)/b6-3+. The van der Waals surface area contributed by atoms with Crippen molar-refractivity contribution in [3.63, 3.8) is 0 Å². The van der Waals surface area contributed by atoms with Gasteiger partial charge in [-0.05, 0) is 24.1 Å². The van der Waals surface area contributed by atoms with Crippen LogP contribution >= 0.6 is 11.6 Å². The van der Waals surface area contributed by atoms with Crippen molar-refractivity contribution < 1.29 is 4.79 Å². The van der Waals surface area contributed by atoms with E-state index in [1.807, 2.05) is 36.4 Å². The molecule has 1 fully saturated rings. The van der Waals surface area contributed by atoms with Gasteiger partial charge in [-0.3, -0.25) is 10.2 Å². The molecule has 1 atom stereocenters. The summed E-state index contributed by atoms with van der Waals surface area (Å²) >= 11 is 5.79. The van der Waals surface area contributed by atoms with Crippen molar-refractivity contribution in [1.29, 1.82) is 0 Å². The van der Waals surface area contributed by atoms with Gasteiger partial charge in [-0.25, -0.2) is 5.43 Å². The van der Waals surface area contributed by atoms with Crippen LogP contribution in [-0.4, -0.2) is 11.9 Å². The first-order chi connectivity index (χ1) is 7.74. The second kappa shape index (κ2) is 5.14. The number of rotatable bonds is 2. The van der Waals surface area contributed by atoms with Gasteiger partial charge in [-0.2, -0.15) is 0 Å². The second-order valence-corrected chi connectivity index (χ2v) is 4.18. The molecule has 1 aromatic rings. The molecule has 2 N–H and O–H groups in total. The van der Waals surface area contributed by atoms with Gasteiger partial charge in [0.25, 0.3) is 0 Å². The summed E-state index contributed by atoms with van der Waals surface area (Å²) in [6.07, 6.45) is 5.46. The lowest BCUT2D eigenvalue weighted by Crippen LogP contribution is -2.48. The molecule has 16 heavy (non-hydrogen) atoms. The van der Waals surface area contributed by atoms with Gasteiger partial charge in [0, 0.05) is 17.5 Å². The van der Waals surface area contributed by atoms with Crippen LogP contribution in [0.4, 0.5) is 0 Å². The smallest absolute Gasteiger partial charge is 0.234 e. The van der Waals surface area contributed by atoms with E-state index in [1.165, 1.54) is 0 Å². The number of hydrogen-bond acceptors (Lipinski definition) is 2. The molecule has 0 saturated carbocycles. The Morgan fingerprint density at radius 1 is 1.31 bits per heavy atom. The van der Waals surface area contributed by atoms with Gasteiger partial charge < -0.3 is 0 Å². The van der Waals surface area contributed by atoms with Crippen molar-refractivity contribution in [3.05, 3.63) is 40.9 Å². The molecule has 3 nitrogen and oxygen atoms in total. The number of hydrazine groups is 1. The zero-order valence-corrected chi connectivity index (χ0v) is 9.50. The average molecular weight is 237 g/mol. The number of carbonyl (C=O) groups is 1. The molecule has 1 aliphatic rings. The van der Waals surface area contributed by atoms with Crippen molar-refractivity contribution in [2.24, 2.45) is 0 Å². The quantitative estimate of drug-likeness (QED) is 0.826. The SMILES string of the molecule is O=C1CCC(/C=C/c2ccc(Cl)cc2)NN1. The summed E-state index contributed by atoms with van der Waals surface area (Å²) < 4.78 is 0. The predicted molar refractivity (Wildman–Crippen MR) is 64.8 cm³/mol. The van der Waals surface area contributed by atoms with Gasteiger partial charge in [0.1, 0.15) is 0 Å². The number of halogens is 1. The Hall–Kier alpha value is -1.32. The summed E-state index contributed by atoms with van der Waals surface area (Å²) in [7, 11) is 0. The molecule has 1 amide bonds. The second-order valence-electron chi connectivity index (χ2n) is 3.75. The van der Waals surface area contributed by atoms with E-state index < -0.39 is 0 Å². The van der Waals surface area contributed by atoms with Gasteiger partial charge in [0.2, 0.25) is 5.91 Å². The highest BCUT2D eigenvalue weighted by Gasteiger charge is 2.13. The number of benzene rings is 1. The minimum Gasteiger partial charge on any atom is -0.291 e. The molecule has 0 spiro atoms. The fourth-order valence-corrected chi connectivity index (χ4v) is 1.67. The van der Waals surface area contributed by atoms with Crippen molar-refractivity contribution >= 4 is 23.6 Å². The van der Waals surface area contributed by atoms with E-state index in [4.69, 9.17) is 11.6 Å². The van der Waals surface area contributed by atoms with Crippen LogP contribution in [-0.2, 0) is 4.79 Å². The third-order valence-corrected chi connectivity index (χ3v) is 2.72. The molecule has 0 bridgehead atoms. The van der Waals surface area contributed by atoms with Gasteiger partial charge in [-0.1, -0.05) is 35.9 Å². The lowest BCUT2D eigenvalue weighted by molar-refractivity contribution is -0.123. The molecular weight excluding hydrogens is 224 g/mol. The summed E-state index contributed by atoms with van der Waals surface area (Å²) in [6, 6.07) is 7.84. The molecule has 4 heteroatoms. The fourth-order valence-electron chi connectivity index (χ4n) is 1.54. The highest BCUT2D eigenvalue weighted by Crippen LogP contribution is 2.12. The van der Waals surface area contributed by atoms with Gasteiger partial charge in [0.15, 0.2) is 0 Å². The van der Waals surface area contributed by atoms with E-state index in [9.17, 15) is 4.79 Å². The molecule has 1 saturated heterocycles. The lowest BCUT2D eigenvalue weighted by atomic mass is 10.1. The maximum atomic E-state index is 10.9. The Morgan fingerprint density at radius 3 is 2.69 bits per heavy atom. The number of nitrogens with one attached hydrogen (secondary N) is 2. The van der Waals surface area contributed by atoms with Crippen LogP contribution in [0.25, 0.3) is 6.08 Å². The van der Waals surface area contributed by atoms with Crippen molar-refractivity contribution in [1.82, 2.24) is 10.9 Å². The van der Waals surface area contributed by atoms with E-state index in [1.54, 1.807) is 0 Å². The van der Waals surface area contributed by atoms with E-state index in [0.29, 0.717) is 6.42 Å². The minimum absolute atomic E-state index is 0.0520. The van der Waals surface area contributed by atoms with Gasteiger partial charge in [0.05, 0.1) is 0 Å². The predicted octanol–water partition coefficient (Wildman–Crippen LogP) is 2.14. The number of amides is 1. The van der Waals surface area contributed by atoms with Crippen LogP contribution < -0.4 is 10.9 Å². The third kappa shape index (κ3) is 3.08. The first kappa shape index (κ1) is 11.2. The summed E-state index contributed by atoms with van der Waals surface area (Å²) in [6.45, 7) is 0. The topological polar surface area (TPSA) is 41.1 Å². The van der Waals surface area contributed by atoms with Crippen molar-refractivity contribution in [2.75, 3.05) is 0 Å². The maximum absolute atomic E-state index is 10.9. The zero-order valence-electron chi connectivity index (χ0n) is 8.74. The Bertz CT molecular complexity index is 390. The van der Waals surface area contributed by atoms with Crippen LogP contribution in [0.3, 0.4) is 0 Å². The van der Waals surface area contributed by atoms with E-state index in [0.717, 1.165) is 17.0 Å². The van der Waals surface area contributed by atoms with Crippen LogP contribution in [0.2, 0.25) is 5.02 Å². The van der Waals surface area contributed by atoms with Crippen molar-refractivity contribution in [3.8, 4) is 0 Å². The number of hydrogen-bond donors (Lipinski definition) is 2. The van der Waals surface area contributed by atoms with Gasteiger partial charge >= 0.3 is 0 Å². The van der Waals surface area contributed by atoms with E-state index in [-0.39, 0.29) is 11.9 Å². The number of carbonyl (C=O) groups excluding carboxylic acids is 1. The Kier molecular flexibility index (Phi) is 3.59. The molecule has 1 aromatic carbocycles. The molecule has 0 radical (unpaired) electrons. The summed E-state index contributed by atoms with van der Waals surface area (Å²) in [5, 5.41) is 0.736. The normalized spacial score (nSPS) is 21.1. The first-order valence-corrected chi connectivity index (χ1v) is 5.60. The molecule has 0 aliphatic carbocycles. The fraction of sp³-hybridized carbons (Fsp3) is 0.250. The summed E-state index contributed by atoms with van der Waals surface area (Å²) in [5.41, 5.74) is 6.65. The Balaban J connectivity index is 1.93. The average Bonchev–Trinajstić information content (AvgIpc) is 2.30. The minimum atomic E-state index is 0.0520. The van der Waals surface area contributed by atoms with Crippen LogP contribution in [0.1, 0.15) is 18.4 Å². The van der Waals surface area contributed by atoms with Crippen LogP contribution in [0.5, 0.6) is 0 Å². The molecule has 1 unspecified atom stereocenters. The summed E-state index contributed by atoms with van der Waals surface area (Å²) in [5.74, 6) is 0.0520. The van der Waals surface area contributed by atoms with Gasteiger partial charge in [-0.15, -0.1) is 0 Å². The Morgan fingerprint density at radius 2 is 2.06 bits per heavy atom. The maximum Gasteiger partial charge on any atom is 0.234 e. The lowest BCUT2D eigenvalue weighted by Gasteiger charge is -2.20. The van der Waals surface area contributed by atoms with Crippen LogP contribution in [0, 0.1) is 0 Å². The monoisotopic (exact) mass is 236 g/mol. The molecule has 1 heterocycles. The third-order valence-electron chi connectivity index (χ3n) is 2.47. The summed E-state index contributed by atoms with van der Waals surface area (Å²) in [4.78, 5) is 10.9. The van der Waals surface area contributed by atoms with Crippen molar-refractivity contribution in [2.45, 2.75) is 18.9 Å². The Labute approximate surface area is 99.5 Å². The molecule has 1 aliphatic heterocycles. The van der Waals surface area contributed by atoms with E-state index >= 15 is 0 Å².